The van der Waals surface area contributed by atoms with Crippen LogP contribution in [0, 0.1) is 0 Å². The van der Waals surface area contributed by atoms with Crippen LogP contribution in [0.5, 0.6) is 0 Å². The molecule has 0 aliphatic rings. The highest BCUT2D eigenvalue weighted by Crippen LogP contribution is 2.06. The fourth-order valence-corrected chi connectivity index (χ4v) is 1.88. The number of rotatable bonds is 9. The van der Waals surface area contributed by atoms with E-state index in [0.717, 1.165) is 11.8 Å². The molecule has 1 N–H and O–H groups in total. The van der Waals surface area contributed by atoms with Gasteiger partial charge in [-0.25, -0.2) is 9.59 Å². The number of aldehydes is 1. The maximum Gasteiger partial charge on any atom is 0.408 e. The molecule has 126 valence electrons. The summed E-state index contributed by atoms with van der Waals surface area (Å²) in [5.41, 5.74) is 0.852. The molecule has 0 saturated carbocycles. The fourth-order valence-electron chi connectivity index (χ4n) is 1.88. The molecule has 1 aromatic carbocycles. The lowest BCUT2D eigenvalue weighted by molar-refractivity contribution is -0.150. The van der Waals surface area contributed by atoms with E-state index in [4.69, 9.17) is 9.47 Å². The number of carbonyl (C=O) groups excluding carboxylic acids is 3. The molecule has 0 aliphatic carbocycles. The van der Waals surface area contributed by atoms with Gasteiger partial charge in [0.1, 0.15) is 18.9 Å². The standard InChI is InChI=1S/C17H23NO5/c1-13(2)23-16(20)15(10-6-7-11-19)18-17(21)22-12-14-8-4-3-5-9-14/h3-5,8-9,11,13,15H,6-7,10,12H2,1-2H3,(H,18,21)/t15-/m0/s1. The molecule has 0 aliphatic heterocycles. The summed E-state index contributed by atoms with van der Waals surface area (Å²) in [4.78, 5) is 34.2. The molecule has 1 atom stereocenters. The van der Waals surface area contributed by atoms with Gasteiger partial charge in [0.05, 0.1) is 6.10 Å². The second-order valence-electron chi connectivity index (χ2n) is 5.34. The SMILES string of the molecule is CC(C)OC(=O)[C@H](CCCC=O)NC(=O)OCc1ccccc1. The number of nitrogens with one attached hydrogen (secondary N) is 1. The van der Waals surface area contributed by atoms with E-state index >= 15 is 0 Å². The summed E-state index contributed by atoms with van der Waals surface area (Å²) in [5.74, 6) is -0.525. The summed E-state index contributed by atoms with van der Waals surface area (Å²) in [7, 11) is 0. The third-order valence-electron chi connectivity index (χ3n) is 2.96. The van der Waals surface area contributed by atoms with E-state index in [-0.39, 0.29) is 12.7 Å². The molecule has 0 heterocycles. The number of hydrogen-bond donors (Lipinski definition) is 1. The number of unbranched alkanes of at least 4 members (excludes halogenated alkanes) is 1. The Kier molecular flexibility index (Phi) is 8.42. The van der Waals surface area contributed by atoms with E-state index in [1.165, 1.54) is 0 Å². The van der Waals surface area contributed by atoms with Crippen LogP contribution >= 0.6 is 0 Å². The first-order chi connectivity index (χ1) is 11.0. The maximum atomic E-state index is 12.0. The molecule has 1 amide bonds. The van der Waals surface area contributed by atoms with Gasteiger partial charge in [-0.3, -0.25) is 0 Å². The van der Waals surface area contributed by atoms with Gasteiger partial charge in [0.15, 0.2) is 0 Å². The van der Waals surface area contributed by atoms with Gasteiger partial charge in [0.25, 0.3) is 0 Å². The van der Waals surface area contributed by atoms with Gasteiger partial charge in [-0.1, -0.05) is 30.3 Å². The lowest BCUT2D eigenvalue weighted by Gasteiger charge is -2.18. The highest BCUT2D eigenvalue weighted by molar-refractivity contribution is 5.81. The second kappa shape index (κ2) is 10.4. The van der Waals surface area contributed by atoms with Gasteiger partial charge in [-0.05, 0) is 32.3 Å². The van der Waals surface area contributed by atoms with E-state index in [0.29, 0.717) is 19.3 Å². The molecule has 1 rings (SSSR count). The summed E-state index contributed by atoms with van der Waals surface area (Å²) < 4.78 is 10.2. The van der Waals surface area contributed by atoms with Crippen LogP contribution in [-0.4, -0.2) is 30.5 Å². The van der Waals surface area contributed by atoms with Crippen LogP contribution in [0.25, 0.3) is 0 Å². The number of ether oxygens (including phenoxy) is 2. The number of benzene rings is 1. The Labute approximate surface area is 136 Å². The first-order valence-electron chi connectivity index (χ1n) is 7.64. The van der Waals surface area contributed by atoms with Crippen molar-refractivity contribution in [3.8, 4) is 0 Å². The highest BCUT2D eigenvalue weighted by Gasteiger charge is 2.23. The van der Waals surface area contributed by atoms with E-state index in [1.807, 2.05) is 30.3 Å². The monoisotopic (exact) mass is 321 g/mol. The van der Waals surface area contributed by atoms with Crippen LogP contribution in [0.4, 0.5) is 4.79 Å². The van der Waals surface area contributed by atoms with E-state index in [1.54, 1.807) is 13.8 Å². The fraction of sp³-hybridized carbons (Fsp3) is 0.471. The van der Waals surface area contributed by atoms with Crippen molar-refractivity contribution < 1.29 is 23.9 Å². The molecule has 0 spiro atoms. The van der Waals surface area contributed by atoms with Gasteiger partial charge >= 0.3 is 12.1 Å². The zero-order valence-electron chi connectivity index (χ0n) is 13.5. The summed E-state index contributed by atoms with van der Waals surface area (Å²) in [6.45, 7) is 3.58. The average Bonchev–Trinajstić information content (AvgIpc) is 2.52. The quantitative estimate of drug-likeness (QED) is 0.429. The van der Waals surface area contributed by atoms with Crippen molar-refractivity contribution in [1.29, 1.82) is 0 Å². The Morgan fingerprint density at radius 2 is 1.91 bits per heavy atom. The van der Waals surface area contributed by atoms with Crippen LogP contribution in [0.15, 0.2) is 30.3 Å². The molecular formula is C17H23NO5. The normalized spacial score (nSPS) is 11.6. The molecule has 0 bridgehead atoms. The number of hydrogen-bond acceptors (Lipinski definition) is 5. The third kappa shape index (κ3) is 7.99. The summed E-state index contributed by atoms with van der Waals surface area (Å²) >= 11 is 0. The van der Waals surface area contributed by atoms with Crippen molar-refractivity contribution in [3.63, 3.8) is 0 Å². The van der Waals surface area contributed by atoms with Crippen molar-refractivity contribution in [3.05, 3.63) is 35.9 Å². The third-order valence-corrected chi connectivity index (χ3v) is 2.96. The largest absolute Gasteiger partial charge is 0.461 e. The average molecular weight is 321 g/mol. The minimum absolute atomic E-state index is 0.118. The molecule has 1 aromatic rings. The molecule has 0 radical (unpaired) electrons. The number of carbonyl (C=O) groups is 3. The molecule has 0 saturated heterocycles. The van der Waals surface area contributed by atoms with E-state index in [9.17, 15) is 14.4 Å². The van der Waals surface area contributed by atoms with E-state index in [2.05, 4.69) is 5.32 Å². The Bertz CT molecular complexity index is 501. The Morgan fingerprint density at radius 3 is 2.52 bits per heavy atom. The first kappa shape index (κ1) is 18.7. The number of amides is 1. The van der Waals surface area contributed by atoms with E-state index < -0.39 is 18.1 Å². The lowest BCUT2D eigenvalue weighted by atomic mass is 10.1. The maximum absolute atomic E-state index is 12.0. The smallest absolute Gasteiger partial charge is 0.408 e. The Hall–Kier alpha value is -2.37. The molecule has 0 unspecified atom stereocenters. The molecular weight excluding hydrogens is 298 g/mol. The van der Waals surface area contributed by atoms with Gasteiger partial charge < -0.3 is 19.6 Å². The molecule has 23 heavy (non-hydrogen) atoms. The van der Waals surface area contributed by atoms with Crippen LogP contribution < -0.4 is 5.32 Å². The van der Waals surface area contributed by atoms with Crippen LogP contribution in [0.2, 0.25) is 0 Å². The molecule has 6 heteroatoms. The molecule has 0 aromatic heterocycles. The summed E-state index contributed by atoms with van der Waals surface area (Å²) in [6.07, 6.45) is 0.944. The van der Waals surface area contributed by atoms with Gasteiger partial charge in [0, 0.05) is 6.42 Å². The zero-order valence-corrected chi connectivity index (χ0v) is 13.5. The van der Waals surface area contributed by atoms with Gasteiger partial charge in [0.2, 0.25) is 0 Å². The number of esters is 1. The first-order valence-corrected chi connectivity index (χ1v) is 7.64. The zero-order chi connectivity index (χ0) is 17.1. The predicted molar refractivity (Wildman–Crippen MR) is 84.7 cm³/mol. The summed E-state index contributed by atoms with van der Waals surface area (Å²) in [6, 6.07) is 8.41. The minimum atomic E-state index is -0.819. The minimum Gasteiger partial charge on any atom is -0.461 e. The summed E-state index contributed by atoms with van der Waals surface area (Å²) in [5, 5.41) is 2.50. The molecule has 0 fully saturated rings. The second-order valence-corrected chi connectivity index (χ2v) is 5.34. The lowest BCUT2D eigenvalue weighted by Crippen LogP contribution is -2.42. The van der Waals surface area contributed by atoms with Crippen molar-refractivity contribution in [2.75, 3.05) is 0 Å². The van der Waals surface area contributed by atoms with Gasteiger partial charge in [-0.2, -0.15) is 0 Å². The van der Waals surface area contributed by atoms with Gasteiger partial charge in [-0.15, -0.1) is 0 Å². The number of alkyl carbamates (subject to hydrolysis) is 1. The van der Waals surface area contributed by atoms with Crippen molar-refractivity contribution in [2.45, 2.75) is 51.9 Å². The van der Waals surface area contributed by atoms with Crippen LogP contribution in [0.3, 0.4) is 0 Å². The van der Waals surface area contributed by atoms with Crippen molar-refractivity contribution in [2.24, 2.45) is 0 Å². The topological polar surface area (TPSA) is 81.7 Å². The predicted octanol–water partition coefficient (Wildman–Crippen LogP) is 2.60. The van der Waals surface area contributed by atoms with Crippen LogP contribution in [-0.2, 0) is 25.7 Å². The molecule has 6 nitrogen and oxygen atoms in total. The van der Waals surface area contributed by atoms with Crippen LogP contribution in [0.1, 0.15) is 38.7 Å². The highest BCUT2D eigenvalue weighted by atomic mass is 16.6. The Morgan fingerprint density at radius 1 is 1.22 bits per heavy atom. The Balaban J connectivity index is 2.51. The van der Waals surface area contributed by atoms with Crippen molar-refractivity contribution >= 4 is 18.3 Å². The van der Waals surface area contributed by atoms with Crippen molar-refractivity contribution in [1.82, 2.24) is 5.32 Å².